The molecule has 1 saturated heterocycles. The van der Waals surface area contributed by atoms with Crippen molar-refractivity contribution >= 4 is 0 Å². The molecule has 0 spiro atoms. The summed E-state index contributed by atoms with van der Waals surface area (Å²) in [5.74, 6) is 0.376. The maximum absolute atomic E-state index is 12.5. The largest absolute Gasteiger partial charge is 0.319 e. The van der Waals surface area contributed by atoms with Crippen molar-refractivity contribution in [3.8, 4) is 0 Å². The van der Waals surface area contributed by atoms with Crippen molar-refractivity contribution in [2.75, 3.05) is 13.1 Å². The van der Waals surface area contributed by atoms with Crippen LogP contribution in [-0.4, -0.2) is 27.6 Å². The number of hydrogen-bond acceptors (Lipinski definition) is 3. The van der Waals surface area contributed by atoms with E-state index in [1.165, 1.54) is 18.8 Å². The number of rotatable bonds is 4. The monoisotopic (exact) mass is 230 g/mol. The zero-order valence-corrected chi connectivity index (χ0v) is 9.07. The molecule has 6 heteroatoms. The Balaban J connectivity index is 1.86. The van der Waals surface area contributed by atoms with Gasteiger partial charge < -0.3 is 0 Å². The topological polar surface area (TPSA) is 33.1 Å². The van der Waals surface area contributed by atoms with Crippen LogP contribution in [0.3, 0.4) is 0 Å². The van der Waals surface area contributed by atoms with E-state index >= 15 is 0 Å². The summed E-state index contributed by atoms with van der Waals surface area (Å²) in [4.78, 5) is 3.92. The third kappa shape index (κ3) is 2.76. The van der Waals surface area contributed by atoms with E-state index in [1.54, 1.807) is 0 Å². The number of halogens is 2. The maximum Gasteiger partial charge on any atom is 0.319 e. The summed E-state index contributed by atoms with van der Waals surface area (Å²) in [5.41, 5.74) is 3.14. The van der Waals surface area contributed by atoms with Crippen LogP contribution in [0.4, 0.5) is 8.78 Å². The van der Waals surface area contributed by atoms with Gasteiger partial charge in [-0.25, -0.2) is 15.4 Å². The van der Waals surface area contributed by atoms with E-state index < -0.39 is 6.55 Å². The molecule has 4 nitrogen and oxygen atoms in total. The number of hydrazine groups is 1. The van der Waals surface area contributed by atoms with Crippen molar-refractivity contribution in [1.82, 2.24) is 20.0 Å². The van der Waals surface area contributed by atoms with E-state index in [0.29, 0.717) is 12.4 Å². The predicted octanol–water partition coefficient (Wildman–Crippen LogP) is 1.77. The van der Waals surface area contributed by atoms with E-state index in [0.717, 1.165) is 30.5 Å². The van der Waals surface area contributed by atoms with Gasteiger partial charge in [0.1, 0.15) is 5.82 Å². The Morgan fingerprint density at radius 2 is 2.06 bits per heavy atom. The van der Waals surface area contributed by atoms with Gasteiger partial charge in [0.05, 0.1) is 6.54 Å². The fraction of sp³-hybridized carbons (Fsp3) is 0.700. The van der Waals surface area contributed by atoms with Crippen molar-refractivity contribution < 1.29 is 8.78 Å². The van der Waals surface area contributed by atoms with Gasteiger partial charge >= 0.3 is 6.55 Å². The highest BCUT2D eigenvalue weighted by Crippen LogP contribution is 2.12. The fourth-order valence-corrected chi connectivity index (χ4v) is 1.89. The molecule has 0 aromatic carbocycles. The minimum atomic E-state index is -2.51. The Kier molecular flexibility index (Phi) is 3.84. The van der Waals surface area contributed by atoms with Crippen LogP contribution in [0.1, 0.15) is 31.6 Å². The minimum Gasteiger partial charge on any atom is -0.276 e. The molecule has 1 fully saturated rings. The van der Waals surface area contributed by atoms with Crippen LogP contribution < -0.4 is 5.43 Å². The van der Waals surface area contributed by atoms with E-state index in [1.807, 2.05) is 0 Å². The van der Waals surface area contributed by atoms with Crippen LogP contribution >= 0.6 is 0 Å². The number of imidazole rings is 1. The molecule has 0 aliphatic carbocycles. The van der Waals surface area contributed by atoms with Crippen molar-refractivity contribution in [3.05, 3.63) is 18.2 Å². The summed E-state index contributed by atoms with van der Waals surface area (Å²) < 4.78 is 25.9. The average molecular weight is 230 g/mol. The smallest absolute Gasteiger partial charge is 0.276 e. The molecule has 1 aromatic rings. The quantitative estimate of drug-likeness (QED) is 0.855. The van der Waals surface area contributed by atoms with Gasteiger partial charge in [-0.05, 0) is 12.8 Å². The molecule has 1 aliphatic heterocycles. The van der Waals surface area contributed by atoms with Gasteiger partial charge in [-0.15, -0.1) is 0 Å². The first-order valence-electron chi connectivity index (χ1n) is 5.55. The molecule has 0 bridgehead atoms. The van der Waals surface area contributed by atoms with Crippen LogP contribution in [-0.2, 0) is 6.54 Å². The Labute approximate surface area is 93.2 Å². The standard InChI is InChI=1S/C10H16F2N4/c11-10(12)16-7-4-13-9(16)8-14-15-5-2-1-3-6-15/h4,7,10,14H,1-3,5-6,8H2. The second kappa shape index (κ2) is 5.36. The van der Waals surface area contributed by atoms with E-state index in [2.05, 4.69) is 15.4 Å². The second-order valence-corrected chi connectivity index (χ2v) is 3.91. The molecule has 1 N–H and O–H groups in total. The number of aromatic nitrogens is 2. The van der Waals surface area contributed by atoms with Gasteiger partial charge in [0.25, 0.3) is 0 Å². The zero-order valence-electron chi connectivity index (χ0n) is 9.07. The lowest BCUT2D eigenvalue weighted by Gasteiger charge is -2.26. The second-order valence-electron chi connectivity index (χ2n) is 3.91. The molecule has 0 atom stereocenters. The Morgan fingerprint density at radius 1 is 1.31 bits per heavy atom. The first-order chi connectivity index (χ1) is 7.77. The predicted molar refractivity (Wildman–Crippen MR) is 55.7 cm³/mol. The number of alkyl halides is 2. The first-order valence-corrected chi connectivity index (χ1v) is 5.55. The van der Waals surface area contributed by atoms with Crippen molar-refractivity contribution in [3.63, 3.8) is 0 Å². The van der Waals surface area contributed by atoms with E-state index in [9.17, 15) is 8.78 Å². The fourth-order valence-electron chi connectivity index (χ4n) is 1.89. The lowest BCUT2D eigenvalue weighted by Crippen LogP contribution is -2.41. The van der Waals surface area contributed by atoms with E-state index in [-0.39, 0.29) is 0 Å². The lowest BCUT2D eigenvalue weighted by atomic mass is 10.2. The number of nitrogens with zero attached hydrogens (tertiary/aromatic N) is 3. The Morgan fingerprint density at radius 3 is 2.75 bits per heavy atom. The van der Waals surface area contributed by atoms with Gasteiger partial charge in [0, 0.05) is 25.5 Å². The molecule has 2 rings (SSSR count). The van der Waals surface area contributed by atoms with Gasteiger partial charge in [-0.1, -0.05) is 6.42 Å². The normalized spacial score (nSPS) is 18.2. The third-order valence-corrected chi connectivity index (χ3v) is 2.78. The number of hydrogen-bond donors (Lipinski definition) is 1. The molecule has 0 saturated carbocycles. The highest BCUT2D eigenvalue weighted by molar-refractivity contribution is 4.92. The van der Waals surface area contributed by atoms with Gasteiger partial charge in [-0.3, -0.25) is 4.57 Å². The summed E-state index contributed by atoms with van der Waals surface area (Å²) in [6.45, 7) is -0.192. The van der Waals surface area contributed by atoms with Crippen LogP contribution in [0.25, 0.3) is 0 Å². The summed E-state index contributed by atoms with van der Waals surface area (Å²) in [7, 11) is 0. The Bertz CT molecular complexity index is 320. The molecule has 0 radical (unpaired) electrons. The average Bonchev–Trinajstić information content (AvgIpc) is 2.76. The van der Waals surface area contributed by atoms with Crippen molar-refractivity contribution in [1.29, 1.82) is 0 Å². The van der Waals surface area contributed by atoms with Crippen LogP contribution in [0.2, 0.25) is 0 Å². The number of piperidine rings is 1. The Hall–Kier alpha value is -1.01. The van der Waals surface area contributed by atoms with Crippen molar-refractivity contribution in [2.45, 2.75) is 32.4 Å². The summed E-state index contributed by atoms with van der Waals surface area (Å²) in [6.07, 6.45) is 6.29. The van der Waals surface area contributed by atoms with Crippen molar-refractivity contribution in [2.24, 2.45) is 0 Å². The maximum atomic E-state index is 12.5. The van der Waals surface area contributed by atoms with Gasteiger partial charge in [0.2, 0.25) is 0 Å². The highest BCUT2D eigenvalue weighted by Gasteiger charge is 2.13. The summed E-state index contributed by atoms with van der Waals surface area (Å²) >= 11 is 0. The van der Waals surface area contributed by atoms with Crippen LogP contribution in [0.15, 0.2) is 12.4 Å². The first kappa shape index (κ1) is 11.5. The molecular weight excluding hydrogens is 214 g/mol. The lowest BCUT2D eigenvalue weighted by molar-refractivity contribution is 0.0639. The van der Waals surface area contributed by atoms with Gasteiger partial charge in [-0.2, -0.15) is 8.78 Å². The molecule has 90 valence electrons. The molecular formula is C10H16F2N4. The minimum absolute atomic E-state index is 0.358. The molecule has 1 aromatic heterocycles. The SMILES string of the molecule is FC(F)n1ccnc1CNN1CCCCC1. The summed E-state index contributed by atoms with van der Waals surface area (Å²) in [6, 6.07) is 0. The highest BCUT2D eigenvalue weighted by atomic mass is 19.3. The third-order valence-electron chi connectivity index (χ3n) is 2.78. The van der Waals surface area contributed by atoms with E-state index in [4.69, 9.17) is 0 Å². The van der Waals surface area contributed by atoms with Gasteiger partial charge in [0.15, 0.2) is 0 Å². The van der Waals surface area contributed by atoms with Crippen LogP contribution in [0, 0.1) is 0 Å². The van der Waals surface area contributed by atoms with Crippen LogP contribution in [0.5, 0.6) is 0 Å². The molecule has 0 amide bonds. The number of nitrogens with one attached hydrogen (secondary N) is 1. The zero-order chi connectivity index (χ0) is 11.4. The molecule has 16 heavy (non-hydrogen) atoms. The molecule has 1 aliphatic rings. The summed E-state index contributed by atoms with van der Waals surface area (Å²) in [5, 5.41) is 2.08. The molecule has 0 unspecified atom stereocenters. The molecule has 2 heterocycles.